The fourth-order valence-electron chi connectivity index (χ4n) is 0.647. The highest BCUT2D eigenvalue weighted by Gasteiger charge is 2.16. The Morgan fingerprint density at radius 2 is 1.74 bits per heavy atom. The maximum Gasteiger partial charge on any atom is 0.372 e. The number of rotatable bonds is 6. The molecular formula is C14H24O5. The first-order valence-corrected chi connectivity index (χ1v) is 5.98. The van der Waals surface area contributed by atoms with Gasteiger partial charge in [0.2, 0.25) is 0 Å². The Balaban J connectivity index is 0. The van der Waals surface area contributed by atoms with Crippen molar-refractivity contribution in [1.29, 1.82) is 0 Å². The fourth-order valence-corrected chi connectivity index (χ4v) is 0.647. The molecule has 0 aliphatic heterocycles. The van der Waals surface area contributed by atoms with Crippen LogP contribution in [0.5, 0.6) is 0 Å². The second-order valence-corrected chi connectivity index (χ2v) is 4.95. The Kier molecular flexibility index (Phi) is 10.5. The van der Waals surface area contributed by atoms with Crippen LogP contribution in [0.15, 0.2) is 25.0 Å². The second kappa shape index (κ2) is 10.2. The van der Waals surface area contributed by atoms with E-state index in [1.165, 1.54) is 0 Å². The molecule has 0 rings (SSSR count). The van der Waals surface area contributed by atoms with E-state index < -0.39 is 11.9 Å². The molecule has 0 bridgehead atoms. The van der Waals surface area contributed by atoms with Crippen LogP contribution in [0.25, 0.3) is 0 Å². The number of carboxylic acids is 1. The largest absolute Gasteiger partial charge is 0.487 e. The lowest BCUT2D eigenvalue weighted by Crippen LogP contribution is -2.20. The summed E-state index contributed by atoms with van der Waals surface area (Å²) in [6.07, 6.45) is 1.69. The van der Waals surface area contributed by atoms with Gasteiger partial charge in [0.1, 0.15) is 0 Å². The first-order chi connectivity index (χ1) is 8.64. The highest BCUT2D eigenvalue weighted by Crippen LogP contribution is 2.13. The van der Waals surface area contributed by atoms with Crippen LogP contribution in [0.3, 0.4) is 0 Å². The number of aliphatic carboxylic acids is 1. The molecule has 0 unspecified atom stereocenters. The molecule has 0 amide bonds. The first-order valence-electron chi connectivity index (χ1n) is 5.98. The van der Waals surface area contributed by atoms with Gasteiger partial charge >= 0.3 is 11.9 Å². The molecule has 110 valence electrons. The molecule has 5 nitrogen and oxygen atoms in total. The molecule has 0 heterocycles. The number of hydrogen-bond donors (Lipinski definition) is 1. The van der Waals surface area contributed by atoms with Crippen molar-refractivity contribution in [2.45, 2.75) is 34.1 Å². The third kappa shape index (κ3) is 16.2. The predicted molar refractivity (Wildman–Crippen MR) is 73.6 cm³/mol. The maximum atomic E-state index is 11.2. The number of hydrogen-bond acceptors (Lipinski definition) is 4. The summed E-state index contributed by atoms with van der Waals surface area (Å²) in [4.78, 5) is 20.5. The van der Waals surface area contributed by atoms with Crippen molar-refractivity contribution in [3.63, 3.8) is 0 Å². The second-order valence-electron chi connectivity index (χ2n) is 4.95. The molecule has 0 spiro atoms. The predicted octanol–water partition coefficient (Wildman–Crippen LogP) is 2.77. The highest BCUT2D eigenvalue weighted by molar-refractivity contribution is 5.85. The zero-order valence-electron chi connectivity index (χ0n) is 12.2. The van der Waals surface area contributed by atoms with Crippen molar-refractivity contribution in [2.24, 2.45) is 5.41 Å². The highest BCUT2D eigenvalue weighted by atomic mass is 16.6. The molecule has 0 saturated heterocycles. The van der Waals surface area contributed by atoms with Crippen molar-refractivity contribution < 1.29 is 24.2 Å². The fraction of sp³-hybridized carbons (Fsp3) is 0.571. The molecule has 0 saturated carbocycles. The van der Waals surface area contributed by atoms with Crippen molar-refractivity contribution >= 4 is 11.9 Å². The lowest BCUT2D eigenvalue weighted by atomic mass is 9.99. The van der Waals surface area contributed by atoms with E-state index in [0.29, 0.717) is 13.2 Å². The van der Waals surface area contributed by atoms with Gasteiger partial charge in [-0.25, -0.2) is 9.59 Å². The van der Waals surface area contributed by atoms with E-state index >= 15 is 0 Å². The molecule has 0 atom stereocenters. The van der Waals surface area contributed by atoms with Crippen molar-refractivity contribution in [2.75, 3.05) is 13.2 Å². The van der Waals surface area contributed by atoms with E-state index in [1.54, 1.807) is 0 Å². The maximum absolute atomic E-state index is 11.2. The van der Waals surface area contributed by atoms with Crippen LogP contribution in [0.2, 0.25) is 0 Å². The Morgan fingerprint density at radius 3 is 2.05 bits per heavy atom. The van der Waals surface area contributed by atoms with Crippen LogP contribution >= 0.6 is 0 Å². The average molecular weight is 272 g/mol. The van der Waals surface area contributed by atoms with Crippen LogP contribution in [0.1, 0.15) is 34.1 Å². The number of carboxylic acid groups (broad SMARTS) is 1. The van der Waals surface area contributed by atoms with Gasteiger partial charge in [-0.2, -0.15) is 0 Å². The zero-order chi connectivity index (χ0) is 15.5. The molecule has 0 aromatic heterocycles. The summed E-state index contributed by atoms with van der Waals surface area (Å²) >= 11 is 0. The molecule has 0 aliphatic rings. The lowest BCUT2D eigenvalue weighted by molar-refractivity contribution is -0.145. The van der Waals surface area contributed by atoms with Gasteiger partial charge in [-0.1, -0.05) is 34.3 Å². The lowest BCUT2D eigenvalue weighted by Gasteiger charge is -2.18. The zero-order valence-corrected chi connectivity index (χ0v) is 12.2. The van der Waals surface area contributed by atoms with Gasteiger partial charge in [-0.05, 0) is 18.4 Å². The number of carbonyl (C=O) groups is 2. The quantitative estimate of drug-likeness (QED) is 0.457. The summed E-state index contributed by atoms with van der Waals surface area (Å²) in [7, 11) is 0. The minimum Gasteiger partial charge on any atom is -0.487 e. The normalized spacial score (nSPS) is 9.68. The van der Waals surface area contributed by atoms with Gasteiger partial charge in [-0.15, -0.1) is 0 Å². The van der Waals surface area contributed by atoms with Crippen LogP contribution < -0.4 is 0 Å². The number of esters is 1. The summed E-state index contributed by atoms with van der Waals surface area (Å²) in [6.45, 7) is 15.3. The summed E-state index contributed by atoms with van der Waals surface area (Å²) in [5, 5.41) is 7.60. The van der Waals surface area contributed by atoms with E-state index in [2.05, 4.69) is 13.2 Å². The van der Waals surface area contributed by atoms with E-state index in [0.717, 1.165) is 12.5 Å². The molecular weight excluding hydrogens is 248 g/mol. The van der Waals surface area contributed by atoms with Gasteiger partial charge in [0.15, 0.2) is 5.76 Å². The third-order valence-corrected chi connectivity index (χ3v) is 1.52. The van der Waals surface area contributed by atoms with Crippen LogP contribution in [-0.4, -0.2) is 30.3 Å². The van der Waals surface area contributed by atoms with Crippen molar-refractivity contribution in [3.8, 4) is 0 Å². The van der Waals surface area contributed by atoms with Gasteiger partial charge in [-0.3, -0.25) is 0 Å². The molecule has 5 heteroatoms. The molecule has 0 aromatic carbocycles. The van der Waals surface area contributed by atoms with E-state index in [9.17, 15) is 9.59 Å². The van der Waals surface area contributed by atoms with Gasteiger partial charge in [0.25, 0.3) is 0 Å². The minimum atomic E-state index is -0.981. The Labute approximate surface area is 114 Å². The molecule has 19 heavy (non-hydrogen) atoms. The monoisotopic (exact) mass is 272 g/mol. The first kappa shape index (κ1) is 19.6. The van der Waals surface area contributed by atoms with Gasteiger partial charge in [0, 0.05) is 6.08 Å². The van der Waals surface area contributed by atoms with Crippen molar-refractivity contribution in [1.82, 2.24) is 0 Å². The minimum absolute atomic E-state index is 0.0271. The van der Waals surface area contributed by atoms with E-state index in [1.807, 2.05) is 27.7 Å². The molecule has 1 N–H and O–H groups in total. The van der Waals surface area contributed by atoms with Crippen LogP contribution in [0, 0.1) is 5.41 Å². The summed E-state index contributed by atoms with van der Waals surface area (Å²) < 4.78 is 10.1. The van der Waals surface area contributed by atoms with Crippen LogP contribution in [0.4, 0.5) is 0 Å². The Hall–Kier alpha value is -1.78. The van der Waals surface area contributed by atoms with E-state index in [-0.39, 0.29) is 11.2 Å². The Morgan fingerprint density at radius 1 is 1.26 bits per heavy atom. The molecule has 0 aliphatic carbocycles. The standard InChI is InChI=1S/C11H20O3.C3H4O2/c1-6-7-13-9(2)10(12)14-8-11(3,4)5;1-2-3(4)5/h2,6-8H2,1,3-5H3;2H,1H2,(H,4,5). The molecule has 0 radical (unpaired) electrons. The number of carbonyl (C=O) groups excluding carboxylic acids is 1. The summed E-state index contributed by atoms with van der Waals surface area (Å²) in [6, 6.07) is 0. The third-order valence-electron chi connectivity index (χ3n) is 1.52. The molecule has 0 aromatic rings. The topological polar surface area (TPSA) is 72.8 Å². The van der Waals surface area contributed by atoms with Crippen LogP contribution in [-0.2, 0) is 19.1 Å². The summed E-state index contributed by atoms with van der Waals surface area (Å²) in [5.74, 6) is -1.35. The summed E-state index contributed by atoms with van der Waals surface area (Å²) in [5.41, 5.74) is -0.0271. The van der Waals surface area contributed by atoms with Crippen molar-refractivity contribution in [3.05, 3.63) is 25.0 Å². The van der Waals surface area contributed by atoms with Gasteiger partial charge < -0.3 is 14.6 Å². The van der Waals surface area contributed by atoms with E-state index in [4.69, 9.17) is 14.6 Å². The Bertz CT molecular complexity index is 312. The van der Waals surface area contributed by atoms with Gasteiger partial charge in [0.05, 0.1) is 13.2 Å². The SMILES string of the molecule is C=C(OCCC)C(=O)OCC(C)(C)C.C=CC(=O)O. The smallest absolute Gasteiger partial charge is 0.372 e. The average Bonchev–Trinajstić information content (AvgIpc) is 2.32. The molecule has 0 fully saturated rings. The number of ether oxygens (including phenoxy) is 2.